The molecule has 4 aliphatic carbocycles. The van der Waals surface area contributed by atoms with Gasteiger partial charge in [0.2, 0.25) is 11.8 Å². The summed E-state index contributed by atoms with van der Waals surface area (Å²) in [5.41, 5.74) is 2.96. The minimum Gasteiger partial charge on any atom is -0.425 e. The number of hydrogen-bond donors (Lipinski definition) is 0. The van der Waals surface area contributed by atoms with E-state index in [-0.39, 0.29) is 41.9 Å². The van der Waals surface area contributed by atoms with Crippen molar-refractivity contribution in [2.24, 2.45) is 35.5 Å². The molecule has 5 aliphatic rings. The number of carbonyl (C=O) groups excluding carboxylic acids is 3. The van der Waals surface area contributed by atoms with Crippen LogP contribution < -0.4 is 4.74 Å². The van der Waals surface area contributed by atoms with Crippen LogP contribution in [0.1, 0.15) is 12.0 Å². The third-order valence-electron chi connectivity index (χ3n) is 8.73. The first-order chi connectivity index (χ1) is 18.1. The number of carbonyl (C=O) groups is 3. The molecule has 7 atom stereocenters. The predicted molar refractivity (Wildman–Crippen MR) is 138 cm³/mol. The number of ether oxygens (including phenoxy) is 1. The molecule has 2 saturated carbocycles. The first-order valence-electron chi connectivity index (χ1n) is 13.1. The van der Waals surface area contributed by atoms with Crippen molar-refractivity contribution >= 4 is 17.8 Å². The van der Waals surface area contributed by atoms with E-state index < -0.39 is 12.0 Å². The van der Waals surface area contributed by atoms with E-state index in [2.05, 4.69) is 12.2 Å². The van der Waals surface area contributed by atoms with E-state index >= 15 is 0 Å². The number of nitrogens with zero attached hydrogens (tertiary/aromatic N) is 1. The van der Waals surface area contributed by atoms with E-state index in [9.17, 15) is 14.4 Å². The van der Waals surface area contributed by atoms with Gasteiger partial charge in [0.15, 0.2) is 0 Å². The highest BCUT2D eigenvalue weighted by Crippen LogP contribution is 2.65. The van der Waals surface area contributed by atoms with Crippen molar-refractivity contribution in [2.75, 3.05) is 0 Å². The molecule has 3 aromatic rings. The lowest BCUT2D eigenvalue weighted by molar-refractivity contribution is -0.153. The summed E-state index contributed by atoms with van der Waals surface area (Å²) in [5.74, 6) is -0.0599. The predicted octanol–water partition coefficient (Wildman–Crippen LogP) is 4.92. The van der Waals surface area contributed by atoms with Crippen LogP contribution in [0, 0.1) is 35.5 Å². The Balaban J connectivity index is 1.17. The average molecular weight is 490 g/mol. The maximum atomic E-state index is 13.8. The fourth-order valence-electron chi connectivity index (χ4n) is 6.93. The summed E-state index contributed by atoms with van der Waals surface area (Å²) < 4.78 is 5.80. The number of hydrogen-bond acceptors (Lipinski definition) is 4. The molecule has 37 heavy (non-hydrogen) atoms. The zero-order valence-corrected chi connectivity index (χ0v) is 20.3. The largest absolute Gasteiger partial charge is 0.425 e. The Kier molecular flexibility index (Phi) is 5.13. The molecule has 1 saturated heterocycles. The summed E-state index contributed by atoms with van der Waals surface area (Å²) >= 11 is 0. The summed E-state index contributed by atoms with van der Waals surface area (Å²) in [6.45, 7) is 0. The maximum absolute atomic E-state index is 13.8. The lowest BCUT2D eigenvalue weighted by Crippen LogP contribution is -2.48. The molecule has 0 unspecified atom stereocenters. The van der Waals surface area contributed by atoms with Crippen molar-refractivity contribution in [3.8, 4) is 16.9 Å². The molecule has 8 rings (SSSR count). The highest BCUT2D eigenvalue weighted by atomic mass is 16.5. The monoisotopic (exact) mass is 489 g/mol. The Bertz CT molecular complexity index is 1360. The van der Waals surface area contributed by atoms with Gasteiger partial charge in [0, 0.05) is 6.42 Å². The van der Waals surface area contributed by atoms with Crippen molar-refractivity contribution < 1.29 is 19.1 Å². The molecule has 2 bridgehead atoms. The first kappa shape index (κ1) is 22.2. The zero-order chi connectivity index (χ0) is 25.1. The lowest BCUT2D eigenvalue weighted by Gasteiger charge is -2.37. The first-order valence-corrected chi connectivity index (χ1v) is 13.1. The van der Waals surface area contributed by atoms with Gasteiger partial charge in [0.1, 0.15) is 11.8 Å². The van der Waals surface area contributed by atoms with E-state index in [1.54, 1.807) is 12.1 Å². The van der Waals surface area contributed by atoms with Gasteiger partial charge in [-0.2, -0.15) is 0 Å². The van der Waals surface area contributed by atoms with Crippen LogP contribution >= 0.6 is 0 Å². The van der Waals surface area contributed by atoms with Gasteiger partial charge < -0.3 is 4.74 Å². The second-order valence-corrected chi connectivity index (χ2v) is 10.7. The third kappa shape index (κ3) is 3.64. The van der Waals surface area contributed by atoms with E-state index in [1.165, 1.54) is 4.90 Å². The summed E-state index contributed by atoms with van der Waals surface area (Å²) in [6.07, 6.45) is 5.62. The molecule has 184 valence electrons. The molecule has 3 aromatic carbocycles. The van der Waals surface area contributed by atoms with Crippen molar-refractivity contribution in [2.45, 2.75) is 18.9 Å². The van der Waals surface area contributed by atoms with Gasteiger partial charge in [-0.1, -0.05) is 84.9 Å². The van der Waals surface area contributed by atoms with Crippen molar-refractivity contribution in [3.05, 3.63) is 103 Å². The Morgan fingerprint density at radius 1 is 0.757 bits per heavy atom. The van der Waals surface area contributed by atoms with Gasteiger partial charge in [0.25, 0.3) is 0 Å². The fourth-order valence-corrected chi connectivity index (χ4v) is 6.93. The standard InChI is InChI=1S/C32H27NO4/c34-30-28-23-15-16-24(26-18-25(23)26)29(28)31(35)33(30)27(17-19-7-3-1-4-8-19)32(36)37-22-13-11-21(12-14-22)20-9-5-2-6-10-20/h1-16,23-29H,17-18H2/t23-,24-,25-,26-,27-,28+,29+/m0/s1. The van der Waals surface area contributed by atoms with E-state index in [4.69, 9.17) is 4.74 Å². The number of likely N-dealkylation sites (tertiary alicyclic amines) is 1. The van der Waals surface area contributed by atoms with Crippen LogP contribution in [0.25, 0.3) is 11.1 Å². The molecule has 3 fully saturated rings. The SMILES string of the molecule is O=C(Oc1ccc(-c2ccccc2)cc1)[C@H](Cc1ccccc1)N1C(=O)[C@@H]2[C@H]3C=C[C@@H]([C@@H]4C[C@@H]34)[C@H]2C1=O. The quantitative estimate of drug-likeness (QED) is 0.213. The fraction of sp³-hybridized carbons (Fsp3) is 0.281. The summed E-state index contributed by atoms with van der Waals surface area (Å²) in [7, 11) is 0. The molecular weight excluding hydrogens is 462 g/mol. The van der Waals surface area contributed by atoms with Crippen LogP contribution in [-0.4, -0.2) is 28.7 Å². The van der Waals surface area contributed by atoms with Gasteiger partial charge >= 0.3 is 5.97 Å². The Hall–Kier alpha value is -3.99. The van der Waals surface area contributed by atoms with Gasteiger partial charge in [-0.05, 0) is 58.9 Å². The molecule has 0 N–H and O–H groups in total. The molecular formula is C32H27NO4. The van der Waals surface area contributed by atoms with Crippen molar-refractivity contribution in [1.82, 2.24) is 4.90 Å². The number of allylic oxidation sites excluding steroid dienone is 2. The Morgan fingerprint density at radius 3 is 1.89 bits per heavy atom. The molecule has 2 amide bonds. The second-order valence-electron chi connectivity index (χ2n) is 10.7. The Morgan fingerprint density at radius 2 is 1.30 bits per heavy atom. The van der Waals surface area contributed by atoms with Crippen molar-refractivity contribution in [3.63, 3.8) is 0 Å². The van der Waals surface area contributed by atoms with E-state index in [0.29, 0.717) is 17.6 Å². The molecule has 0 aromatic heterocycles. The number of benzene rings is 3. The van der Waals surface area contributed by atoms with Crippen LogP contribution in [0.5, 0.6) is 5.75 Å². The van der Waals surface area contributed by atoms with Gasteiger partial charge in [0.05, 0.1) is 11.8 Å². The summed E-state index contributed by atoms with van der Waals surface area (Å²) in [4.78, 5) is 42.4. The molecule has 5 nitrogen and oxygen atoms in total. The maximum Gasteiger partial charge on any atom is 0.335 e. The van der Waals surface area contributed by atoms with Crippen LogP contribution in [-0.2, 0) is 20.8 Å². The summed E-state index contributed by atoms with van der Waals surface area (Å²) in [5, 5.41) is 0. The minimum absolute atomic E-state index is 0.111. The topological polar surface area (TPSA) is 63.7 Å². The minimum atomic E-state index is -1.00. The smallest absolute Gasteiger partial charge is 0.335 e. The second kappa shape index (κ2) is 8.55. The number of amides is 2. The highest BCUT2D eigenvalue weighted by molar-refractivity contribution is 6.09. The van der Waals surface area contributed by atoms with Gasteiger partial charge in [-0.25, -0.2) is 4.79 Å². The lowest BCUT2D eigenvalue weighted by atomic mass is 9.63. The average Bonchev–Trinajstić information content (AvgIpc) is 3.72. The zero-order valence-electron chi connectivity index (χ0n) is 20.3. The molecule has 0 spiro atoms. The normalized spacial score (nSPS) is 29.6. The number of imide groups is 1. The number of esters is 1. The van der Waals surface area contributed by atoms with Gasteiger partial charge in [-0.3, -0.25) is 14.5 Å². The molecule has 0 radical (unpaired) electrons. The van der Waals surface area contributed by atoms with E-state index in [0.717, 1.165) is 23.1 Å². The van der Waals surface area contributed by atoms with Crippen LogP contribution in [0.4, 0.5) is 0 Å². The van der Waals surface area contributed by atoms with Gasteiger partial charge in [-0.15, -0.1) is 0 Å². The van der Waals surface area contributed by atoms with Crippen molar-refractivity contribution in [1.29, 1.82) is 0 Å². The van der Waals surface area contributed by atoms with Crippen LogP contribution in [0.2, 0.25) is 0 Å². The van der Waals surface area contributed by atoms with E-state index in [1.807, 2.05) is 72.8 Å². The molecule has 5 heteroatoms. The molecule has 1 aliphatic heterocycles. The number of rotatable bonds is 6. The molecule has 1 heterocycles. The van der Waals surface area contributed by atoms with Crippen LogP contribution in [0.15, 0.2) is 97.1 Å². The Labute approximate surface area is 215 Å². The van der Waals surface area contributed by atoms with Crippen LogP contribution in [0.3, 0.4) is 0 Å². The summed E-state index contributed by atoms with van der Waals surface area (Å²) in [6, 6.07) is 25.8. The third-order valence-corrected chi connectivity index (χ3v) is 8.73. The highest BCUT2D eigenvalue weighted by Gasteiger charge is 2.68.